The lowest BCUT2D eigenvalue weighted by atomic mass is 9.95. The van der Waals surface area contributed by atoms with E-state index >= 15 is 0 Å². The standard InChI is InChI=1S/C15H23N3OS2/c1-3-12-10(2)21-9-13(12)14(19)17-18(15(16)20)11-7-5-4-6-8-11/h9,11H,3-8H2,1-2H3,(H2,16,20)(H,17,19). The summed E-state index contributed by atoms with van der Waals surface area (Å²) in [5.41, 5.74) is 10.6. The number of hydrogen-bond acceptors (Lipinski definition) is 3. The van der Waals surface area contributed by atoms with Crippen molar-refractivity contribution in [3.8, 4) is 0 Å². The molecule has 2 rings (SSSR count). The van der Waals surface area contributed by atoms with Crippen molar-refractivity contribution in [2.75, 3.05) is 0 Å². The summed E-state index contributed by atoms with van der Waals surface area (Å²) in [6, 6.07) is 0.227. The van der Waals surface area contributed by atoms with Gasteiger partial charge in [0.1, 0.15) is 0 Å². The van der Waals surface area contributed by atoms with Crippen LogP contribution in [0.15, 0.2) is 5.38 Å². The van der Waals surface area contributed by atoms with Gasteiger partial charge in [0.05, 0.1) is 11.6 Å². The first-order valence-electron chi connectivity index (χ1n) is 7.51. The molecule has 116 valence electrons. The van der Waals surface area contributed by atoms with Gasteiger partial charge in [0.25, 0.3) is 5.91 Å². The van der Waals surface area contributed by atoms with Crippen LogP contribution in [0.1, 0.15) is 59.8 Å². The molecular weight excluding hydrogens is 302 g/mol. The van der Waals surface area contributed by atoms with Crippen LogP contribution in [-0.2, 0) is 6.42 Å². The number of rotatable bonds is 3. The lowest BCUT2D eigenvalue weighted by Crippen LogP contribution is -2.54. The predicted octanol–water partition coefficient (Wildman–Crippen LogP) is 3.14. The van der Waals surface area contributed by atoms with Gasteiger partial charge in [0.15, 0.2) is 5.11 Å². The molecule has 1 heterocycles. The molecule has 0 atom stereocenters. The number of thiophene rings is 1. The summed E-state index contributed by atoms with van der Waals surface area (Å²) in [4.78, 5) is 13.7. The summed E-state index contributed by atoms with van der Waals surface area (Å²) in [6.45, 7) is 4.12. The molecule has 1 saturated carbocycles. The first kappa shape index (κ1) is 16.2. The Morgan fingerprint density at radius 3 is 2.71 bits per heavy atom. The van der Waals surface area contributed by atoms with Gasteiger partial charge >= 0.3 is 0 Å². The summed E-state index contributed by atoms with van der Waals surface area (Å²) in [6.07, 6.45) is 6.49. The molecular formula is C15H23N3OS2. The first-order valence-corrected chi connectivity index (χ1v) is 8.80. The number of amides is 1. The van der Waals surface area contributed by atoms with Crippen molar-refractivity contribution < 1.29 is 4.79 Å². The number of aryl methyl sites for hydroxylation is 1. The van der Waals surface area contributed by atoms with Crippen molar-refractivity contribution in [3.05, 3.63) is 21.4 Å². The van der Waals surface area contributed by atoms with Crippen molar-refractivity contribution in [1.29, 1.82) is 0 Å². The Kier molecular flexibility index (Phi) is 5.58. The van der Waals surface area contributed by atoms with Crippen molar-refractivity contribution in [3.63, 3.8) is 0 Å². The third-order valence-corrected chi connectivity index (χ3v) is 5.25. The molecule has 6 heteroatoms. The second-order valence-electron chi connectivity index (χ2n) is 5.48. The number of thiocarbonyl (C=S) groups is 1. The molecule has 1 aromatic rings. The SMILES string of the molecule is CCc1c(C(=O)NN(C(N)=S)C2CCCCC2)csc1C. The quantitative estimate of drug-likeness (QED) is 0.662. The van der Waals surface area contributed by atoms with E-state index in [4.69, 9.17) is 18.0 Å². The minimum atomic E-state index is -0.102. The molecule has 1 amide bonds. The number of hydrogen-bond donors (Lipinski definition) is 2. The van der Waals surface area contributed by atoms with Gasteiger partial charge in [-0.1, -0.05) is 26.2 Å². The van der Waals surface area contributed by atoms with Crippen LogP contribution in [-0.4, -0.2) is 22.1 Å². The molecule has 0 radical (unpaired) electrons. The molecule has 0 unspecified atom stereocenters. The average molecular weight is 326 g/mol. The Morgan fingerprint density at radius 1 is 1.48 bits per heavy atom. The minimum absolute atomic E-state index is 0.102. The smallest absolute Gasteiger partial charge is 0.271 e. The molecule has 1 aliphatic carbocycles. The van der Waals surface area contributed by atoms with Crippen molar-refractivity contribution in [1.82, 2.24) is 10.4 Å². The average Bonchev–Trinajstić information content (AvgIpc) is 2.86. The Hall–Kier alpha value is -1.14. The van der Waals surface area contributed by atoms with E-state index in [1.54, 1.807) is 16.3 Å². The Labute approximate surface area is 135 Å². The fourth-order valence-corrected chi connectivity index (χ4v) is 4.08. The van der Waals surface area contributed by atoms with Crippen molar-refractivity contribution in [2.45, 2.75) is 58.4 Å². The van der Waals surface area contributed by atoms with E-state index in [1.165, 1.54) is 11.3 Å². The summed E-state index contributed by atoms with van der Waals surface area (Å²) in [5.74, 6) is -0.102. The molecule has 21 heavy (non-hydrogen) atoms. The van der Waals surface area contributed by atoms with Gasteiger partial charge < -0.3 is 5.73 Å². The highest BCUT2D eigenvalue weighted by Crippen LogP contribution is 2.24. The number of nitrogens with zero attached hydrogens (tertiary/aromatic N) is 1. The van der Waals surface area contributed by atoms with E-state index in [0.29, 0.717) is 0 Å². The predicted molar refractivity (Wildman–Crippen MR) is 91.4 cm³/mol. The van der Waals surface area contributed by atoms with Gasteiger partial charge in [0.2, 0.25) is 0 Å². The normalized spacial score (nSPS) is 15.7. The summed E-state index contributed by atoms with van der Waals surface area (Å²) in [7, 11) is 0. The Morgan fingerprint density at radius 2 is 2.14 bits per heavy atom. The van der Waals surface area contributed by atoms with Gasteiger partial charge in [-0.25, -0.2) is 0 Å². The monoisotopic (exact) mass is 325 g/mol. The zero-order chi connectivity index (χ0) is 15.4. The molecule has 0 spiro atoms. The van der Waals surface area contributed by atoms with Gasteiger partial charge in [-0.3, -0.25) is 15.2 Å². The Bertz CT molecular complexity index is 521. The maximum atomic E-state index is 12.5. The van der Waals surface area contributed by atoms with Crippen molar-refractivity contribution >= 4 is 34.6 Å². The molecule has 0 bridgehead atoms. The fourth-order valence-electron chi connectivity index (χ4n) is 2.94. The van der Waals surface area contributed by atoms with E-state index in [9.17, 15) is 4.79 Å². The van der Waals surface area contributed by atoms with Crippen LogP contribution < -0.4 is 11.2 Å². The third-order valence-electron chi connectivity index (χ3n) is 4.10. The molecule has 0 aromatic carbocycles. The van der Waals surface area contributed by atoms with Gasteiger partial charge in [-0.15, -0.1) is 11.3 Å². The summed E-state index contributed by atoms with van der Waals surface area (Å²) < 4.78 is 0. The minimum Gasteiger partial charge on any atom is -0.375 e. The molecule has 1 fully saturated rings. The van der Waals surface area contributed by atoms with Crippen LogP contribution in [0, 0.1) is 6.92 Å². The van der Waals surface area contributed by atoms with E-state index in [0.717, 1.165) is 43.2 Å². The maximum absolute atomic E-state index is 12.5. The second kappa shape index (κ2) is 7.22. The summed E-state index contributed by atoms with van der Waals surface area (Å²) >= 11 is 6.74. The van der Waals surface area contributed by atoms with Crippen LogP contribution in [0.4, 0.5) is 0 Å². The zero-order valence-corrected chi connectivity index (χ0v) is 14.3. The van der Waals surface area contributed by atoms with Gasteiger partial charge in [0, 0.05) is 10.3 Å². The van der Waals surface area contributed by atoms with Crippen LogP contribution in [0.2, 0.25) is 0 Å². The first-order chi connectivity index (χ1) is 10.0. The van der Waals surface area contributed by atoms with E-state index in [2.05, 4.69) is 12.3 Å². The van der Waals surface area contributed by atoms with E-state index in [1.807, 2.05) is 12.3 Å². The summed E-state index contributed by atoms with van der Waals surface area (Å²) in [5, 5.41) is 3.87. The fraction of sp³-hybridized carbons (Fsp3) is 0.600. The van der Waals surface area contributed by atoms with Crippen LogP contribution in [0.5, 0.6) is 0 Å². The number of hydrazine groups is 1. The highest BCUT2D eigenvalue weighted by Gasteiger charge is 2.25. The third kappa shape index (κ3) is 3.74. The highest BCUT2D eigenvalue weighted by molar-refractivity contribution is 7.80. The topological polar surface area (TPSA) is 58.4 Å². The van der Waals surface area contributed by atoms with Crippen LogP contribution in [0.3, 0.4) is 0 Å². The van der Waals surface area contributed by atoms with E-state index < -0.39 is 0 Å². The number of nitrogens with two attached hydrogens (primary N) is 1. The zero-order valence-electron chi connectivity index (χ0n) is 12.6. The Balaban J connectivity index is 2.12. The van der Waals surface area contributed by atoms with E-state index in [-0.39, 0.29) is 17.1 Å². The molecule has 4 nitrogen and oxygen atoms in total. The molecule has 1 aliphatic rings. The van der Waals surface area contributed by atoms with Gasteiger partial charge in [-0.2, -0.15) is 0 Å². The maximum Gasteiger partial charge on any atom is 0.271 e. The molecule has 0 saturated heterocycles. The van der Waals surface area contributed by atoms with Crippen molar-refractivity contribution in [2.24, 2.45) is 5.73 Å². The number of carbonyl (C=O) groups is 1. The molecule has 0 aliphatic heterocycles. The second-order valence-corrected chi connectivity index (χ2v) is 6.98. The van der Waals surface area contributed by atoms with Crippen LogP contribution in [0.25, 0.3) is 0 Å². The lowest BCUT2D eigenvalue weighted by molar-refractivity contribution is 0.0808. The molecule has 3 N–H and O–H groups in total. The van der Waals surface area contributed by atoms with Crippen LogP contribution >= 0.6 is 23.6 Å². The highest BCUT2D eigenvalue weighted by atomic mass is 32.1. The number of nitrogens with one attached hydrogen (secondary N) is 1. The largest absolute Gasteiger partial charge is 0.375 e. The van der Waals surface area contributed by atoms with Gasteiger partial charge in [-0.05, 0) is 44.0 Å². The lowest BCUT2D eigenvalue weighted by Gasteiger charge is -2.34. The molecule has 1 aromatic heterocycles. The number of carbonyl (C=O) groups excluding carboxylic acids is 1.